The largest absolute Gasteiger partial charge is 0.462 e. The standard InChI is InChI=1S/C62H98O6/c1-4-7-10-13-16-19-22-25-27-29-31-33-34-37-40-43-46-49-52-55-61(64)67-58-59(57-66-60(63)54-51-48-45-42-39-36-24-21-18-15-12-9-6-3)68-62(65)56-53-50-47-44-41-38-35-32-30-28-26-23-20-17-14-11-8-5-2/h9,11-12,14-15,17-18,20-21,23-24,26,28-32,35-36,39,42,45,59H,4-8,10,13,16,19,22,25,27,33-34,37-38,40-41,43-44,46-58H2,1-3H3/b12-9+,14-11+,18-15+,20-17+,24-21+,26-23+,30-28+,31-29+,35-32+,39-36+,45-42+. The molecule has 0 saturated heterocycles. The van der Waals surface area contributed by atoms with Crippen molar-refractivity contribution in [2.75, 3.05) is 13.2 Å². The molecule has 0 radical (unpaired) electrons. The molecule has 0 spiro atoms. The van der Waals surface area contributed by atoms with Crippen LogP contribution in [-0.4, -0.2) is 37.2 Å². The van der Waals surface area contributed by atoms with E-state index in [2.05, 4.69) is 63.3 Å². The maximum atomic E-state index is 12.8. The summed E-state index contributed by atoms with van der Waals surface area (Å²) >= 11 is 0. The monoisotopic (exact) mass is 939 g/mol. The number of carbonyl (C=O) groups is 3. The molecule has 382 valence electrons. The number of allylic oxidation sites excluding steroid dienone is 22. The molecular formula is C62H98O6. The van der Waals surface area contributed by atoms with Gasteiger partial charge < -0.3 is 14.2 Å². The molecule has 0 aliphatic rings. The normalized spacial score (nSPS) is 13.2. The maximum Gasteiger partial charge on any atom is 0.306 e. The van der Waals surface area contributed by atoms with Gasteiger partial charge in [0.1, 0.15) is 13.2 Å². The first-order valence-electron chi connectivity index (χ1n) is 27.3. The Labute approximate surface area is 417 Å². The van der Waals surface area contributed by atoms with E-state index in [4.69, 9.17) is 14.2 Å². The quantitative estimate of drug-likeness (QED) is 0.0199. The van der Waals surface area contributed by atoms with E-state index in [-0.39, 0.29) is 44.0 Å². The van der Waals surface area contributed by atoms with Crippen LogP contribution in [0.2, 0.25) is 0 Å². The molecule has 0 N–H and O–H groups in total. The first-order chi connectivity index (χ1) is 33.5. The lowest BCUT2D eigenvalue weighted by atomic mass is 10.1. The molecule has 1 atom stereocenters. The Morgan fingerprint density at radius 3 is 1.06 bits per heavy atom. The average Bonchev–Trinajstić information content (AvgIpc) is 3.34. The van der Waals surface area contributed by atoms with Gasteiger partial charge in [-0.1, -0.05) is 257 Å². The van der Waals surface area contributed by atoms with Crippen molar-refractivity contribution in [1.29, 1.82) is 0 Å². The summed E-state index contributed by atoms with van der Waals surface area (Å²) in [6, 6.07) is 0. The van der Waals surface area contributed by atoms with E-state index >= 15 is 0 Å². The van der Waals surface area contributed by atoms with Gasteiger partial charge in [0, 0.05) is 19.3 Å². The van der Waals surface area contributed by atoms with Gasteiger partial charge in [-0.05, 0) is 77.0 Å². The van der Waals surface area contributed by atoms with Crippen LogP contribution >= 0.6 is 0 Å². The molecule has 0 aliphatic heterocycles. The zero-order valence-electron chi connectivity index (χ0n) is 43.6. The van der Waals surface area contributed by atoms with Crippen LogP contribution in [0.15, 0.2) is 134 Å². The van der Waals surface area contributed by atoms with Gasteiger partial charge in [0.05, 0.1) is 0 Å². The van der Waals surface area contributed by atoms with Gasteiger partial charge in [-0.2, -0.15) is 0 Å². The molecule has 0 aromatic rings. The predicted octanol–water partition coefficient (Wildman–Crippen LogP) is 18.3. The summed E-state index contributed by atoms with van der Waals surface area (Å²) < 4.78 is 16.7. The number of rotatable bonds is 47. The molecular weight excluding hydrogens is 841 g/mol. The molecule has 0 saturated carbocycles. The van der Waals surface area contributed by atoms with Gasteiger partial charge in [-0.3, -0.25) is 14.4 Å². The van der Waals surface area contributed by atoms with Crippen LogP contribution in [0, 0.1) is 0 Å². The van der Waals surface area contributed by atoms with Crippen molar-refractivity contribution in [3.05, 3.63) is 134 Å². The number of hydrogen-bond acceptors (Lipinski definition) is 6. The summed E-state index contributed by atoms with van der Waals surface area (Å²) in [6.07, 6.45) is 77.3. The Bertz CT molecular complexity index is 1500. The second kappa shape index (κ2) is 55.1. The highest BCUT2D eigenvalue weighted by molar-refractivity contribution is 5.71. The van der Waals surface area contributed by atoms with E-state index in [0.29, 0.717) is 12.8 Å². The minimum absolute atomic E-state index is 0.118. The minimum atomic E-state index is -0.827. The highest BCUT2D eigenvalue weighted by Gasteiger charge is 2.19. The molecule has 6 heteroatoms. The van der Waals surface area contributed by atoms with Gasteiger partial charge in [0.25, 0.3) is 0 Å². The summed E-state index contributed by atoms with van der Waals surface area (Å²) in [4.78, 5) is 38.1. The summed E-state index contributed by atoms with van der Waals surface area (Å²) in [5.41, 5.74) is 0. The van der Waals surface area contributed by atoms with E-state index in [1.807, 2.05) is 91.1 Å². The molecule has 1 unspecified atom stereocenters. The summed E-state index contributed by atoms with van der Waals surface area (Å²) in [7, 11) is 0. The summed E-state index contributed by atoms with van der Waals surface area (Å²) in [5, 5.41) is 0. The Balaban J connectivity index is 4.53. The van der Waals surface area contributed by atoms with Crippen LogP contribution in [0.5, 0.6) is 0 Å². The molecule has 0 bridgehead atoms. The number of esters is 3. The van der Waals surface area contributed by atoms with E-state index in [1.165, 1.54) is 96.3 Å². The molecule has 0 rings (SSSR count). The van der Waals surface area contributed by atoms with Gasteiger partial charge in [-0.25, -0.2) is 0 Å². The predicted molar refractivity (Wildman–Crippen MR) is 292 cm³/mol. The third kappa shape index (κ3) is 52.5. The third-order valence-electron chi connectivity index (χ3n) is 11.1. The minimum Gasteiger partial charge on any atom is -0.462 e. The summed E-state index contributed by atoms with van der Waals surface area (Å²) in [6.45, 7) is 6.31. The smallest absolute Gasteiger partial charge is 0.306 e. The van der Waals surface area contributed by atoms with Crippen LogP contribution in [-0.2, 0) is 28.6 Å². The van der Waals surface area contributed by atoms with Crippen molar-refractivity contribution in [1.82, 2.24) is 0 Å². The Kier molecular flexibility index (Phi) is 51.5. The van der Waals surface area contributed by atoms with E-state index < -0.39 is 6.10 Å². The SMILES string of the molecule is CC/C=C/C=C/C=C/C=C/C=C/CCCC(=O)OCC(COC(=O)CCCCCCCCC/C=C/CCCCCCCCCC)OC(=O)CCCCCCC/C=C/C=C/C=C/C=C/C=C/CCC. The summed E-state index contributed by atoms with van der Waals surface area (Å²) in [5.74, 6) is -1.03. The highest BCUT2D eigenvalue weighted by Crippen LogP contribution is 2.14. The lowest BCUT2D eigenvalue weighted by molar-refractivity contribution is -0.167. The highest BCUT2D eigenvalue weighted by atomic mass is 16.6. The van der Waals surface area contributed by atoms with Crippen molar-refractivity contribution < 1.29 is 28.6 Å². The van der Waals surface area contributed by atoms with Crippen LogP contribution in [0.25, 0.3) is 0 Å². The number of ether oxygens (including phenoxy) is 3. The van der Waals surface area contributed by atoms with Gasteiger partial charge in [0.15, 0.2) is 6.10 Å². The van der Waals surface area contributed by atoms with Crippen molar-refractivity contribution in [3.8, 4) is 0 Å². The van der Waals surface area contributed by atoms with Crippen molar-refractivity contribution in [2.24, 2.45) is 0 Å². The molecule has 6 nitrogen and oxygen atoms in total. The molecule has 0 heterocycles. The second-order valence-corrected chi connectivity index (χ2v) is 17.6. The topological polar surface area (TPSA) is 78.9 Å². The zero-order chi connectivity index (χ0) is 49.3. The van der Waals surface area contributed by atoms with E-state index in [9.17, 15) is 14.4 Å². The average molecular weight is 939 g/mol. The van der Waals surface area contributed by atoms with Crippen LogP contribution in [0.4, 0.5) is 0 Å². The van der Waals surface area contributed by atoms with Crippen LogP contribution < -0.4 is 0 Å². The van der Waals surface area contributed by atoms with Crippen molar-refractivity contribution in [3.63, 3.8) is 0 Å². The lowest BCUT2D eigenvalue weighted by Gasteiger charge is -2.18. The first-order valence-corrected chi connectivity index (χ1v) is 27.3. The molecule has 0 aliphatic carbocycles. The van der Waals surface area contributed by atoms with Gasteiger partial charge in [-0.15, -0.1) is 0 Å². The fourth-order valence-electron chi connectivity index (χ4n) is 7.03. The zero-order valence-corrected chi connectivity index (χ0v) is 43.6. The third-order valence-corrected chi connectivity index (χ3v) is 11.1. The molecule has 0 fully saturated rings. The van der Waals surface area contributed by atoms with Crippen molar-refractivity contribution >= 4 is 17.9 Å². The van der Waals surface area contributed by atoms with Crippen molar-refractivity contribution in [2.45, 2.75) is 226 Å². The Morgan fingerprint density at radius 1 is 0.309 bits per heavy atom. The molecule has 0 aromatic heterocycles. The Hall–Kier alpha value is -4.45. The lowest BCUT2D eigenvalue weighted by Crippen LogP contribution is -2.30. The number of unbranched alkanes of at least 4 members (excludes halogenated alkanes) is 22. The van der Waals surface area contributed by atoms with Crippen LogP contribution in [0.1, 0.15) is 220 Å². The fourth-order valence-corrected chi connectivity index (χ4v) is 7.03. The number of carbonyl (C=O) groups excluding carboxylic acids is 3. The van der Waals surface area contributed by atoms with E-state index in [0.717, 1.165) is 77.0 Å². The number of hydrogen-bond donors (Lipinski definition) is 0. The van der Waals surface area contributed by atoms with Crippen LogP contribution in [0.3, 0.4) is 0 Å². The van der Waals surface area contributed by atoms with Gasteiger partial charge >= 0.3 is 17.9 Å². The molecule has 0 aromatic carbocycles. The first kappa shape index (κ1) is 63.5. The fraction of sp³-hybridized carbons (Fsp3) is 0.597. The maximum absolute atomic E-state index is 12.8. The van der Waals surface area contributed by atoms with E-state index in [1.54, 1.807) is 0 Å². The second-order valence-electron chi connectivity index (χ2n) is 17.6. The molecule has 68 heavy (non-hydrogen) atoms. The molecule has 0 amide bonds. The Morgan fingerprint density at radius 2 is 0.632 bits per heavy atom. The van der Waals surface area contributed by atoms with Gasteiger partial charge in [0.2, 0.25) is 0 Å².